The summed E-state index contributed by atoms with van der Waals surface area (Å²) < 4.78 is 10.8. The standard InChI is InChI=1S/C25H31N3O4/c1-31-21-4-2-20(3-5-21)16-23(29)28-17-22(25(18-28)9-14-32-15-10-25)24(30)27-13-8-19-6-11-26-12-7-19/h2-7,11-12,22H,8-10,13-18H2,1H3,(H,27,30). The van der Waals surface area contributed by atoms with Crippen LogP contribution < -0.4 is 10.1 Å². The van der Waals surface area contributed by atoms with Crippen LogP contribution in [0.2, 0.25) is 0 Å². The summed E-state index contributed by atoms with van der Waals surface area (Å²) in [6.07, 6.45) is 6.22. The molecule has 1 unspecified atom stereocenters. The molecule has 170 valence electrons. The molecule has 0 aliphatic carbocycles. The van der Waals surface area contributed by atoms with Crippen molar-refractivity contribution in [3.8, 4) is 5.75 Å². The van der Waals surface area contributed by atoms with Crippen LogP contribution in [0, 0.1) is 11.3 Å². The second-order valence-corrected chi connectivity index (χ2v) is 8.72. The summed E-state index contributed by atoms with van der Waals surface area (Å²) in [5.74, 6) is 0.671. The normalized spacial score (nSPS) is 19.7. The number of pyridine rings is 1. The van der Waals surface area contributed by atoms with E-state index in [1.807, 2.05) is 41.3 Å². The van der Waals surface area contributed by atoms with Crippen molar-refractivity contribution < 1.29 is 19.1 Å². The van der Waals surface area contributed by atoms with Crippen molar-refractivity contribution in [1.29, 1.82) is 0 Å². The number of ether oxygens (including phenoxy) is 2. The number of benzene rings is 1. The first-order valence-corrected chi connectivity index (χ1v) is 11.2. The molecule has 4 rings (SSSR count). The summed E-state index contributed by atoms with van der Waals surface area (Å²) in [6.45, 7) is 2.94. The van der Waals surface area contributed by atoms with E-state index in [9.17, 15) is 9.59 Å². The van der Waals surface area contributed by atoms with Crippen molar-refractivity contribution >= 4 is 11.8 Å². The predicted octanol–water partition coefficient (Wildman–Crippen LogP) is 2.25. The third-order valence-electron chi connectivity index (χ3n) is 6.78. The van der Waals surface area contributed by atoms with Crippen molar-refractivity contribution in [1.82, 2.24) is 15.2 Å². The van der Waals surface area contributed by atoms with Gasteiger partial charge in [-0.2, -0.15) is 0 Å². The number of nitrogens with one attached hydrogen (secondary N) is 1. The van der Waals surface area contributed by atoms with Gasteiger partial charge in [0.25, 0.3) is 0 Å². The van der Waals surface area contributed by atoms with Gasteiger partial charge >= 0.3 is 0 Å². The third-order valence-corrected chi connectivity index (χ3v) is 6.78. The van der Waals surface area contributed by atoms with Crippen LogP contribution in [0.5, 0.6) is 5.75 Å². The van der Waals surface area contributed by atoms with Gasteiger partial charge in [0.15, 0.2) is 0 Å². The smallest absolute Gasteiger partial charge is 0.227 e. The Balaban J connectivity index is 1.39. The molecule has 32 heavy (non-hydrogen) atoms. The van der Waals surface area contributed by atoms with Gasteiger partial charge in [-0.3, -0.25) is 14.6 Å². The molecular formula is C25H31N3O4. The maximum atomic E-state index is 13.2. The van der Waals surface area contributed by atoms with Gasteiger partial charge < -0.3 is 19.7 Å². The first-order valence-electron chi connectivity index (χ1n) is 11.2. The van der Waals surface area contributed by atoms with Gasteiger partial charge in [0, 0.05) is 50.7 Å². The Bertz CT molecular complexity index is 911. The Labute approximate surface area is 189 Å². The minimum absolute atomic E-state index is 0.0423. The second-order valence-electron chi connectivity index (χ2n) is 8.72. The van der Waals surface area contributed by atoms with Crippen LogP contribution in [-0.2, 0) is 27.2 Å². The molecule has 1 spiro atoms. The number of methoxy groups -OCH3 is 1. The molecule has 2 aliphatic heterocycles. The molecule has 2 amide bonds. The fourth-order valence-electron chi connectivity index (χ4n) is 4.84. The van der Waals surface area contributed by atoms with Crippen LogP contribution in [-0.4, -0.2) is 61.7 Å². The molecule has 0 saturated carbocycles. The summed E-state index contributed by atoms with van der Waals surface area (Å²) in [6, 6.07) is 11.5. The molecule has 2 aromatic rings. The highest BCUT2D eigenvalue weighted by molar-refractivity contribution is 5.84. The minimum Gasteiger partial charge on any atom is -0.497 e. The minimum atomic E-state index is -0.205. The van der Waals surface area contributed by atoms with E-state index < -0.39 is 0 Å². The largest absolute Gasteiger partial charge is 0.497 e. The number of likely N-dealkylation sites (tertiary alicyclic amines) is 1. The van der Waals surface area contributed by atoms with Gasteiger partial charge in [-0.05, 0) is 54.7 Å². The topological polar surface area (TPSA) is 80.8 Å². The van der Waals surface area contributed by atoms with E-state index in [2.05, 4.69) is 10.3 Å². The Kier molecular flexibility index (Phi) is 7.05. The van der Waals surface area contributed by atoms with Crippen LogP contribution in [0.15, 0.2) is 48.8 Å². The summed E-state index contributed by atoms with van der Waals surface area (Å²) in [5.41, 5.74) is 1.89. The first-order chi connectivity index (χ1) is 15.6. The Morgan fingerprint density at radius 2 is 1.84 bits per heavy atom. The molecule has 3 heterocycles. The number of aromatic nitrogens is 1. The van der Waals surface area contributed by atoms with Crippen molar-refractivity contribution in [2.75, 3.05) is 40.0 Å². The fourth-order valence-corrected chi connectivity index (χ4v) is 4.84. The zero-order chi connectivity index (χ0) is 22.4. The quantitative estimate of drug-likeness (QED) is 0.719. The summed E-state index contributed by atoms with van der Waals surface area (Å²) in [4.78, 5) is 32.2. The zero-order valence-electron chi connectivity index (χ0n) is 18.6. The maximum Gasteiger partial charge on any atom is 0.227 e. The average Bonchev–Trinajstić information content (AvgIpc) is 3.19. The Morgan fingerprint density at radius 1 is 1.12 bits per heavy atom. The van der Waals surface area contributed by atoms with Crippen LogP contribution in [0.3, 0.4) is 0 Å². The molecule has 1 atom stereocenters. The maximum absolute atomic E-state index is 13.2. The van der Waals surface area contributed by atoms with E-state index in [0.717, 1.165) is 36.1 Å². The highest BCUT2D eigenvalue weighted by Crippen LogP contribution is 2.44. The summed E-state index contributed by atoms with van der Waals surface area (Å²) >= 11 is 0. The zero-order valence-corrected chi connectivity index (χ0v) is 18.6. The highest BCUT2D eigenvalue weighted by Gasteiger charge is 2.51. The lowest BCUT2D eigenvalue weighted by Gasteiger charge is -2.37. The molecule has 2 fully saturated rings. The number of hydrogen-bond acceptors (Lipinski definition) is 5. The molecule has 2 aliphatic rings. The number of amides is 2. The second kappa shape index (κ2) is 10.1. The van der Waals surface area contributed by atoms with Gasteiger partial charge in [-0.15, -0.1) is 0 Å². The van der Waals surface area contributed by atoms with Gasteiger partial charge in [-0.25, -0.2) is 0 Å². The summed E-state index contributed by atoms with van der Waals surface area (Å²) in [5, 5.41) is 3.11. The van der Waals surface area contributed by atoms with Crippen LogP contribution in [0.1, 0.15) is 24.0 Å². The molecule has 7 nitrogen and oxygen atoms in total. The lowest BCUT2D eigenvalue weighted by Crippen LogP contribution is -2.44. The first kappa shape index (κ1) is 22.3. The Hall–Kier alpha value is -2.93. The molecule has 1 aromatic carbocycles. The molecular weight excluding hydrogens is 406 g/mol. The van der Waals surface area contributed by atoms with Gasteiger partial charge in [0.1, 0.15) is 5.75 Å². The number of rotatable bonds is 7. The van der Waals surface area contributed by atoms with E-state index in [4.69, 9.17) is 9.47 Å². The lowest BCUT2D eigenvalue weighted by atomic mass is 9.71. The SMILES string of the molecule is COc1ccc(CC(=O)N2CC(C(=O)NCCc3ccncc3)C3(CCOCC3)C2)cc1. The Morgan fingerprint density at radius 3 is 2.53 bits per heavy atom. The summed E-state index contributed by atoms with van der Waals surface area (Å²) in [7, 11) is 1.62. The van der Waals surface area contributed by atoms with Crippen LogP contribution in [0.25, 0.3) is 0 Å². The number of hydrogen-bond donors (Lipinski definition) is 1. The lowest BCUT2D eigenvalue weighted by molar-refractivity contribution is -0.130. The third kappa shape index (κ3) is 5.10. The molecule has 7 heteroatoms. The highest BCUT2D eigenvalue weighted by atomic mass is 16.5. The van der Waals surface area contributed by atoms with Gasteiger partial charge in [-0.1, -0.05) is 12.1 Å². The van der Waals surface area contributed by atoms with E-state index in [-0.39, 0.29) is 23.1 Å². The van der Waals surface area contributed by atoms with Crippen molar-refractivity contribution in [2.24, 2.45) is 11.3 Å². The van der Waals surface area contributed by atoms with Crippen molar-refractivity contribution in [3.05, 3.63) is 59.9 Å². The molecule has 1 N–H and O–H groups in total. The van der Waals surface area contributed by atoms with Gasteiger partial charge in [0.2, 0.25) is 11.8 Å². The predicted molar refractivity (Wildman–Crippen MR) is 120 cm³/mol. The van der Waals surface area contributed by atoms with Crippen molar-refractivity contribution in [3.63, 3.8) is 0 Å². The van der Waals surface area contributed by atoms with E-state index in [0.29, 0.717) is 39.3 Å². The van der Waals surface area contributed by atoms with Crippen molar-refractivity contribution in [2.45, 2.75) is 25.7 Å². The van der Waals surface area contributed by atoms with E-state index in [1.165, 1.54) is 0 Å². The fraction of sp³-hybridized carbons (Fsp3) is 0.480. The van der Waals surface area contributed by atoms with Crippen LogP contribution in [0.4, 0.5) is 0 Å². The monoisotopic (exact) mass is 437 g/mol. The van der Waals surface area contributed by atoms with E-state index in [1.54, 1.807) is 19.5 Å². The molecule has 0 radical (unpaired) electrons. The average molecular weight is 438 g/mol. The molecule has 0 bridgehead atoms. The number of nitrogens with zero attached hydrogens (tertiary/aromatic N) is 2. The van der Waals surface area contributed by atoms with E-state index >= 15 is 0 Å². The molecule has 1 aromatic heterocycles. The number of carbonyl (C=O) groups is 2. The molecule has 2 saturated heterocycles. The van der Waals surface area contributed by atoms with Crippen LogP contribution >= 0.6 is 0 Å². The number of carbonyl (C=O) groups excluding carboxylic acids is 2. The van der Waals surface area contributed by atoms with Gasteiger partial charge in [0.05, 0.1) is 19.4 Å².